The first kappa shape index (κ1) is 11.4. The second kappa shape index (κ2) is 3.87. The van der Waals surface area contributed by atoms with E-state index in [-0.39, 0.29) is 18.2 Å². The normalized spacial score (nSPS) is 9.25. The summed E-state index contributed by atoms with van der Waals surface area (Å²) in [5, 5.41) is 9.85. The molecule has 0 amide bonds. The minimum Gasteiger partial charge on any atom is -1.00 e. The maximum atomic E-state index is 9.22. The number of hydrogen-bond donors (Lipinski definition) is 2. The highest BCUT2D eigenvalue weighted by Crippen LogP contribution is 2.32. The molecule has 1 aromatic rings. The molecule has 0 fully saturated rings. The lowest BCUT2D eigenvalue weighted by Gasteiger charge is -2.07. The van der Waals surface area contributed by atoms with Crippen molar-refractivity contribution in [3.8, 4) is 5.75 Å². The Hall–Kier alpha value is -0.600. The Morgan fingerprint density at radius 2 is 1.92 bits per heavy atom. The van der Waals surface area contributed by atoms with Crippen molar-refractivity contribution >= 4 is 17.3 Å². The number of halogens is 2. The van der Waals surface area contributed by atoms with Crippen molar-refractivity contribution in [2.24, 2.45) is 0 Å². The van der Waals surface area contributed by atoms with Crippen LogP contribution in [0.1, 0.15) is 11.1 Å². The summed E-state index contributed by atoms with van der Waals surface area (Å²) < 4.78 is 0. The van der Waals surface area contributed by atoms with Gasteiger partial charge >= 0.3 is 0 Å². The van der Waals surface area contributed by atoms with Crippen LogP contribution in [0.25, 0.3) is 0 Å². The number of aromatic hydroxyl groups is 1. The number of nitrogen functional groups attached to an aromatic ring is 1. The van der Waals surface area contributed by atoms with Crippen LogP contribution in [0.15, 0.2) is 6.07 Å². The molecule has 12 heavy (non-hydrogen) atoms. The molecular weight excluding hydrogens is 197 g/mol. The molecule has 0 saturated heterocycles. The van der Waals surface area contributed by atoms with Crippen molar-refractivity contribution < 1.29 is 17.5 Å². The average molecular weight is 207 g/mol. The lowest BCUT2D eigenvalue weighted by molar-refractivity contribution is -0.00000333. The van der Waals surface area contributed by atoms with E-state index >= 15 is 0 Å². The third-order valence-corrected chi connectivity index (χ3v) is 2.29. The molecule has 0 spiro atoms. The highest BCUT2D eigenvalue weighted by atomic mass is 35.5. The van der Waals surface area contributed by atoms with Crippen LogP contribution in [0.3, 0.4) is 0 Å². The minimum absolute atomic E-state index is 0. The summed E-state index contributed by atoms with van der Waals surface area (Å²) >= 11 is 5.86. The molecule has 2 nitrogen and oxygen atoms in total. The molecule has 0 unspecified atom stereocenters. The first-order valence-electron chi connectivity index (χ1n) is 3.28. The smallest absolute Gasteiger partial charge is 0.139 e. The lowest BCUT2D eigenvalue weighted by Crippen LogP contribution is -3.00. The Bertz CT molecular complexity index is 273. The van der Waals surface area contributed by atoms with Gasteiger partial charge in [0.2, 0.25) is 0 Å². The standard InChI is InChI=1S/C8H10ClNO.ClH/c1-4-3-6(11)8(10)5(2)7(4)9;/h3,11H,10H2,1-2H3;1H/p-1. The van der Waals surface area contributed by atoms with Crippen LogP contribution in [0.4, 0.5) is 5.69 Å². The van der Waals surface area contributed by atoms with Crippen LogP contribution >= 0.6 is 11.6 Å². The molecule has 0 aliphatic rings. The van der Waals surface area contributed by atoms with Crippen LogP contribution < -0.4 is 18.1 Å². The monoisotopic (exact) mass is 206 g/mol. The van der Waals surface area contributed by atoms with Gasteiger partial charge in [-0.1, -0.05) is 11.6 Å². The number of aryl methyl sites for hydroxylation is 1. The number of nitrogens with two attached hydrogens (primary N) is 1. The average Bonchev–Trinajstić information content (AvgIpc) is 1.97. The molecule has 0 saturated carbocycles. The molecule has 0 aliphatic heterocycles. The van der Waals surface area contributed by atoms with Gasteiger partial charge in [0.25, 0.3) is 0 Å². The molecule has 0 heterocycles. The molecule has 68 valence electrons. The zero-order valence-corrected chi connectivity index (χ0v) is 8.37. The van der Waals surface area contributed by atoms with Gasteiger partial charge < -0.3 is 23.2 Å². The first-order valence-corrected chi connectivity index (χ1v) is 3.66. The molecule has 0 bridgehead atoms. The molecule has 1 rings (SSSR count). The summed E-state index contributed by atoms with van der Waals surface area (Å²) in [5.74, 6) is 0.101. The van der Waals surface area contributed by atoms with E-state index in [2.05, 4.69) is 0 Å². The second-order valence-electron chi connectivity index (χ2n) is 2.57. The molecular formula is C8H10Cl2NO-. The molecule has 0 atom stereocenters. The van der Waals surface area contributed by atoms with E-state index in [1.807, 2.05) is 6.92 Å². The SMILES string of the molecule is Cc1cc(O)c(N)c(C)c1Cl.[Cl-]. The van der Waals surface area contributed by atoms with Crippen molar-refractivity contribution in [1.82, 2.24) is 0 Å². The number of hydrogen-bond acceptors (Lipinski definition) is 2. The van der Waals surface area contributed by atoms with Gasteiger partial charge in [0.1, 0.15) is 5.75 Å². The van der Waals surface area contributed by atoms with Gasteiger partial charge in [0, 0.05) is 5.02 Å². The maximum Gasteiger partial charge on any atom is 0.139 e. The number of benzene rings is 1. The van der Waals surface area contributed by atoms with Gasteiger partial charge in [-0.25, -0.2) is 0 Å². The number of phenolic OH excluding ortho intramolecular Hbond substituents is 1. The van der Waals surface area contributed by atoms with Crippen molar-refractivity contribution in [3.63, 3.8) is 0 Å². The summed E-state index contributed by atoms with van der Waals surface area (Å²) in [7, 11) is 0. The molecule has 0 aromatic heterocycles. The number of anilines is 1. The van der Waals surface area contributed by atoms with E-state index in [9.17, 15) is 5.11 Å². The van der Waals surface area contributed by atoms with E-state index in [0.717, 1.165) is 11.1 Å². The zero-order valence-electron chi connectivity index (χ0n) is 6.86. The topological polar surface area (TPSA) is 46.2 Å². The van der Waals surface area contributed by atoms with Crippen LogP contribution in [0.5, 0.6) is 5.75 Å². The second-order valence-corrected chi connectivity index (χ2v) is 2.94. The largest absolute Gasteiger partial charge is 1.00 e. The Kier molecular flexibility index (Phi) is 3.68. The van der Waals surface area contributed by atoms with Crippen molar-refractivity contribution in [1.29, 1.82) is 0 Å². The number of rotatable bonds is 0. The molecule has 0 aliphatic carbocycles. The van der Waals surface area contributed by atoms with Gasteiger partial charge in [-0.3, -0.25) is 0 Å². The molecule has 3 N–H and O–H groups in total. The van der Waals surface area contributed by atoms with Crippen molar-refractivity contribution in [2.45, 2.75) is 13.8 Å². The Labute approximate surface area is 82.8 Å². The predicted octanol–water partition coefficient (Wildman–Crippen LogP) is -0.751. The Morgan fingerprint density at radius 1 is 1.42 bits per heavy atom. The highest BCUT2D eigenvalue weighted by molar-refractivity contribution is 6.32. The molecule has 4 heteroatoms. The minimum atomic E-state index is 0. The van der Waals surface area contributed by atoms with Gasteiger partial charge in [-0.05, 0) is 31.0 Å². The van der Waals surface area contributed by atoms with E-state index in [1.54, 1.807) is 13.0 Å². The fraction of sp³-hybridized carbons (Fsp3) is 0.250. The lowest BCUT2D eigenvalue weighted by atomic mass is 10.1. The van der Waals surface area contributed by atoms with Crippen molar-refractivity contribution in [3.05, 3.63) is 22.2 Å². The first-order chi connectivity index (χ1) is 5.04. The number of phenols is 1. The fourth-order valence-corrected chi connectivity index (χ4v) is 1.11. The van der Waals surface area contributed by atoms with Gasteiger partial charge in [-0.2, -0.15) is 0 Å². The Morgan fingerprint density at radius 3 is 2.42 bits per heavy atom. The van der Waals surface area contributed by atoms with Gasteiger partial charge in [-0.15, -0.1) is 0 Å². The quantitative estimate of drug-likeness (QED) is 0.434. The van der Waals surface area contributed by atoms with Crippen LogP contribution in [-0.2, 0) is 0 Å². The zero-order chi connectivity index (χ0) is 8.59. The van der Waals surface area contributed by atoms with E-state index in [4.69, 9.17) is 17.3 Å². The maximum absolute atomic E-state index is 9.22. The summed E-state index contributed by atoms with van der Waals surface area (Å²) in [6.07, 6.45) is 0. The van der Waals surface area contributed by atoms with Crippen LogP contribution in [0, 0.1) is 13.8 Å². The van der Waals surface area contributed by atoms with E-state index in [1.165, 1.54) is 0 Å². The molecule has 0 radical (unpaired) electrons. The van der Waals surface area contributed by atoms with Crippen LogP contribution in [0.2, 0.25) is 5.02 Å². The van der Waals surface area contributed by atoms with Gasteiger partial charge in [0.05, 0.1) is 5.69 Å². The van der Waals surface area contributed by atoms with Gasteiger partial charge in [0.15, 0.2) is 0 Å². The predicted molar refractivity (Wildman–Crippen MR) is 47.0 cm³/mol. The molecule has 1 aromatic carbocycles. The van der Waals surface area contributed by atoms with Crippen molar-refractivity contribution in [2.75, 3.05) is 5.73 Å². The third-order valence-electron chi connectivity index (χ3n) is 1.71. The van der Waals surface area contributed by atoms with Crippen LogP contribution in [-0.4, -0.2) is 5.11 Å². The summed E-state index contributed by atoms with van der Waals surface area (Å²) in [6.45, 7) is 3.61. The summed E-state index contributed by atoms with van der Waals surface area (Å²) in [4.78, 5) is 0. The summed E-state index contributed by atoms with van der Waals surface area (Å²) in [5.41, 5.74) is 7.46. The third kappa shape index (κ3) is 1.76. The van der Waals surface area contributed by atoms with E-state index < -0.39 is 0 Å². The van der Waals surface area contributed by atoms with E-state index in [0.29, 0.717) is 10.7 Å². The highest BCUT2D eigenvalue weighted by Gasteiger charge is 2.07. The summed E-state index contributed by atoms with van der Waals surface area (Å²) in [6, 6.07) is 1.56. The fourth-order valence-electron chi connectivity index (χ4n) is 0.952. The Balaban J connectivity index is 0.00000121.